The Morgan fingerprint density at radius 3 is 1.82 bits per heavy atom. The van der Waals surface area contributed by atoms with Crippen molar-refractivity contribution in [3.05, 3.63) is 54.9 Å². The molecule has 2 rings (SSSR count). The number of halogens is 5. The highest BCUT2D eigenvalue weighted by molar-refractivity contribution is 6.56. The normalized spacial score (nSPS) is 10.6. The van der Waals surface area contributed by atoms with E-state index in [1.54, 1.807) is 31.2 Å². The van der Waals surface area contributed by atoms with E-state index in [0.717, 1.165) is 4.90 Å². The minimum atomic E-state index is -1.53. The molecule has 0 radical (unpaired) electrons. The zero-order valence-corrected chi connectivity index (χ0v) is 14.7. The Hall–Kier alpha value is -0.840. The van der Waals surface area contributed by atoms with Crippen LogP contribution in [0.4, 0.5) is 16.2 Å². The van der Waals surface area contributed by atoms with E-state index in [-0.39, 0.29) is 30.8 Å². The van der Waals surface area contributed by atoms with E-state index >= 15 is 0 Å². The van der Waals surface area contributed by atoms with Crippen molar-refractivity contribution in [2.75, 3.05) is 4.90 Å². The van der Waals surface area contributed by atoms with Crippen LogP contribution in [0.25, 0.3) is 0 Å². The van der Waals surface area contributed by atoms with Crippen molar-refractivity contribution in [2.45, 2.75) is 6.92 Å². The van der Waals surface area contributed by atoms with Crippen LogP contribution in [0.2, 0.25) is 25.1 Å². The molecule has 0 fully saturated rings. The molecule has 0 unspecified atom stereocenters. The monoisotopic (exact) mass is 396 g/mol. The lowest BCUT2D eigenvalue weighted by molar-refractivity contribution is -0.245. The second-order valence-electron chi connectivity index (χ2n) is 4.31. The number of para-hydroxylation sites is 1. The van der Waals surface area contributed by atoms with Crippen LogP contribution in [0.15, 0.2) is 24.3 Å². The van der Waals surface area contributed by atoms with E-state index < -0.39 is 6.09 Å². The van der Waals surface area contributed by atoms with E-state index in [0.29, 0.717) is 11.3 Å². The third-order valence-electron chi connectivity index (χ3n) is 2.95. The predicted octanol–water partition coefficient (Wildman–Crippen LogP) is 5.74. The molecular formula is C14H7Cl5NO2-. The largest absolute Gasteiger partial charge is 0.529 e. The number of carboxylic acid groups (broad SMARTS) is 1. The van der Waals surface area contributed by atoms with E-state index in [2.05, 4.69) is 0 Å². The fraction of sp³-hybridized carbons (Fsp3) is 0.0714. The highest BCUT2D eigenvalue weighted by atomic mass is 35.5. The smallest absolute Gasteiger partial charge is 0.146 e. The van der Waals surface area contributed by atoms with E-state index in [1.807, 2.05) is 0 Å². The quantitative estimate of drug-likeness (QED) is 0.478. The molecule has 22 heavy (non-hydrogen) atoms. The molecule has 0 heterocycles. The summed E-state index contributed by atoms with van der Waals surface area (Å²) in [6, 6.07) is 6.73. The Kier molecular flexibility index (Phi) is 5.36. The Balaban J connectivity index is 2.82. The molecule has 0 atom stereocenters. The standard InChI is InChI=1S/C14H8Cl5NO2/c1-6-4-2-3-5-7(6)20(14(21)22)13-11(18)9(16)8(15)10(17)12(13)19/h2-5H,1H3,(H,21,22)/p-1. The number of carbonyl (C=O) groups excluding carboxylic acids is 1. The van der Waals surface area contributed by atoms with Crippen LogP contribution in [0.3, 0.4) is 0 Å². The second-order valence-corrected chi connectivity index (χ2v) is 6.20. The number of rotatable bonds is 2. The fourth-order valence-electron chi connectivity index (χ4n) is 1.91. The van der Waals surface area contributed by atoms with Gasteiger partial charge < -0.3 is 9.90 Å². The number of aryl methyl sites for hydroxylation is 1. The van der Waals surface area contributed by atoms with Gasteiger partial charge in [0.15, 0.2) is 0 Å². The summed E-state index contributed by atoms with van der Waals surface area (Å²) in [4.78, 5) is 12.5. The minimum Gasteiger partial charge on any atom is -0.529 e. The lowest BCUT2D eigenvalue weighted by Gasteiger charge is -2.29. The van der Waals surface area contributed by atoms with Crippen molar-refractivity contribution in [3.63, 3.8) is 0 Å². The fourth-order valence-corrected chi connectivity index (χ4v) is 3.21. The van der Waals surface area contributed by atoms with Crippen LogP contribution >= 0.6 is 58.0 Å². The molecule has 0 N–H and O–H groups in total. The van der Waals surface area contributed by atoms with Crippen LogP contribution in [0.5, 0.6) is 0 Å². The maximum Gasteiger partial charge on any atom is 0.146 e. The van der Waals surface area contributed by atoms with Gasteiger partial charge in [-0.15, -0.1) is 0 Å². The summed E-state index contributed by atoms with van der Waals surface area (Å²) >= 11 is 30.1. The summed E-state index contributed by atoms with van der Waals surface area (Å²) in [5.41, 5.74) is 0.888. The lowest BCUT2D eigenvalue weighted by Crippen LogP contribution is -2.38. The van der Waals surface area contributed by atoms with Crippen molar-refractivity contribution in [1.29, 1.82) is 0 Å². The molecule has 116 valence electrons. The summed E-state index contributed by atoms with van der Waals surface area (Å²) in [6.45, 7) is 1.73. The average Bonchev–Trinajstić information content (AvgIpc) is 2.48. The van der Waals surface area contributed by atoms with Crippen LogP contribution in [-0.2, 0) is 0 Å². The Morgan fingerprint density at radius 2 is 1.36 bits per heavy atom. The van der Waals surface area contributed by atoms with Gasteiger partial charge in [-0.1, -0.05) is 76.2 Å². The molecule has 0 aliphatic heterocycles. The first-order valence-electron chi connectivity index (χ1n) is 5.85. The maximum absolute atomic E-state index is 11.6. The molecule has 0 saturated heterocycles. The van der Waals surface area contributed by atoms with E-state index in [1.165, 1.54) is 0 Å². The van der Waals surface area contributed by atoms with Gasteiger partial charge in [-0.2, -0.15) is 0 Å². The van der Waals surface area contributed by atoms with E-state index in [4.69, 9.17) is 58.0 Å². The van der Waals surface area contributed by atoms with Crippen molar-refractivity contribution in [2.24, 2.45) is 0 Å². The van der Waals surface area contributed by atoms with Gasteiger partial charge in [-0.25, -0.2) is 0 Å². The molecule has 3 nitrogen and oxygen atoms in total. The highest BCUT2D eigenvalue weighted by Crippen LogP contribution is 2.50. The molecule has 2 aromatic rings. The summed E-state index contributed by atoms with van der Waals surface area (Å²) in [6.07, 6.45) is -1.53. The minimum absolute atomic E-state index is 0.0508. The molecule has 8 heteroatoms. The van der Waals surface area contributed by atoms with Gasteiger partial charge in [0.25, 0.3) is 0 Å². The molecule has 2 aromatic carbocycles. The molecule has 0 bridgehead atoms. The third-order valence-corrected chi connectivity index (χ3v) is 5.21. The summed E-state index contributed by atoms with van der Waals surface area (Å²) in [5, 5.41) is 11.1. The highest BCUT2D eigenvalue weighted by Gasteiger charge is 2.25. The molecule has 0 saturated carbocycles. The number of nitrogens with zero attached hydrogens (tertiary/aromatic N) is 1. The van der Waals surface area contributed by atoms with Crippen LogP contribution in [-0.4, -0.2) is 6.09 Å². The number of amides is 1. The lowest BCUT2D eigenvalue weighted by atomic mass is 10.1. The van der Waals surface area contributed by atoms with Gasteiger partial charge in [0.2, 0.25) is 0 Å². The van der Waals surface area contributed by atoms with Crippen molar-refractivity contribution in [3.8, 4) is 0 Å². The van der Waals surface area contributed by atoms with Crippen LogP contribution in [0.1, 0.15) is 5.56 Å². The molecule has 0 aliphatic carbocycles. The van der Waals surface area contributed by atoms with Gasteiger partial charge in [-0.05, 0) is 18.6 Å². The van der Waals surface area contributed by atoms with Crippen LogP contribution < -0.4 is 10.0 Å². The first-order chi connectivity index (χ1) is 10.3. The van der Waals surface area contributed by atoms with Gasteiger partial charge in [0, 0.05) is 0 Å². The molecule has 0 spiro atoms. The summed E-state index contributed by atoms with van der Waals surface area (Å²) in [5.74, 6) is 0. The Morgan fingerprint density at radius 1 is 0.909 bits per heavy atom. The molecule has 0 aliphatic rings. The van der Waals surface area contributed by atoms with Gasteiger partial charge >= 0.3 is 0 Å². The van der Waals surface area contributed by atoms with E-state index in [9.17, 15) is 9.90 Å². The van der Waals surface area contributed by atoms with Gasteiger partial charge in [0.05, 0.1) is 36.5 Å². The molecule has 1 amide bonds. The van der Waals surface area contributed by atoms with Crippen molar-refractivity contribution < 1.29 is 9.90 Å². The number of hydrogen-bond acceptors (Lipinski definition) is 2. The first-order valence-corrected chi connectivity index (χ1v) is 7.74. The van der Waals surface area contributed by atoms with Crippen molar-refractivity contribution >= 4 is 75.5 Å². The third kappa shape index (κ3) is 2.97. The molecular weight excluding hydrogens is 391 g/mol. The van der Waals surface area contributed by atoms with Gasteiger partial charge in [-0.3, -0.25) is 4.90 Å². The number of carbonyl (C=O) groups is 1. The Labute approximate surface area is 151 Å². The first kappa shape index (κ1) is 17.5. The zero-order chi connectivity index (χ0) is 16.6. The number of benzene rings is 2. The van der Waals surface area contributed by atoms with Gasteiger partial charge in [0.1, 0.15) is 6.09 Å². The average molecular weight is 398 g/mol. The number of hydrogen-bond donors (Lipinski definition) is 0. The number of anilines is 2. The SMILES string of the molecule is Cc1ccccc1N(C(=O)[O-])c1c(Cl)c(Cl)c(Cl)c(Cl)c1Cl. The summed E-state index contributed by atoms with van der Waals surface area (Å²) < 4.78 is 0. The maximum atomic E-state index is 11.6. The topological polar surface area (TPSA) is 43.4 Å². The second kappa shape index (κ2) is 6.73. The van der Waals surface area contributed by atoms with Crippen molar-refractivity contribution in [1.82, 2.24) is 0 Å². The Bertz CT molecular complexity index is 734. The zero-order valence-electron chi connectivity index (χ0n) is 11.0. The molecule has 0 aromatic heterocycles. The summed E-state index contributed by atoms with van der Waals surface area (Å²) in [7, 11) is 0. The predicted molar refractivity (Wildman–Crippen MR) is 90.2 cm³/mol. The van der Waals surface area contributed by atoms with Crippen LogP contribution in [0, 0.1) is 6.92 Å².